The minimum Gasteiger partial charge on any atom is -0.497 e. The second-order valence-corrected chi connectivity index (χ2v) is 8.25. The van der Waals surface area contributed by atoms with Gasteiger partial charge >= 0.3 is 0 Å². The van der Waals surface area contributed by atoms with Gasteiger partial charge < -0.3 is 4.74 Å². The number of hydrogen-bond donors (Lipinski definition) is 0. The first-order valence-electron chi connectivity index (χ1n) is 7.55. The van der Waals surface area contributed by atoms with Gasteiger partial charge in [-0.05, 0) is 42.7 Å². The van der Waals surface area contributed by atoms with Crippen LogP contribution in [0.3, 0.4) is 0 Å². The molecule has 1 atom stereocenters. The van der Waals surface area contributed by atoms with Crippen LogP contribution in [-0.4, -0.2) is 26.4 Å². The molecule has 7 heteroatoms. The van der Waals surface area contributed by atoms with Gasteiger partial charge in [-0.25, -0.2) is 8.42 Å². The van der Waals surface area contributed by atoms with Crippen LogP contribution in [0.15, 0.2) is 47.4 Å². The molecule has 4 nitrogen and oxygen atoms in total. The molecule has 1 unspecified atom stereocenters. The number of methoxy groups -OCH3 is 1. The molecule has 3 rings (SSSR count). The van der Waals surface area contributed by atoms with E-state index in [2.05, 4.69) is 0 Å². The predicted octanol–water partition coefficient (Wildman–Crippen LogP) is 4.53. The fourth-order valence-corrected chi connectivity index (χ4v) is 5.44. The average Bonchev–Trinajstić information content (AvgIpc) is 3.08. The number of ether oxygens (including phenoxy) is 1. The SMILES string of the molecule is COc1cccc(C2CCCN2S(=O)(=O)c2cccc(Cl)c2Cl)c1. The third kappa shape index (κ3) is 3.14. The summed E-state index contributed by atoms with van der Waals surface area (Å²) >= 11 is 12.1. The molecule has 0 radical (unpaired) electrons. The van der Waals surface area contributed by atoms with E-state index >= 15 is 0 Å². The van der Waals surface area contributed by atoms with Crippen LogP contribution in [0.2, 0.25) is 10.0 Å². The maximum absolute atomic E-state index is 13.1. The number of benzene rings is 2. The zero-order valence-corrected chi connectivity index (χ0v) is 15.4. The van der Waals surface area contributed by atoms with E-state index in [0.717, 1.165) is 18.4 Å². The van der Waals surface area contributed by atoms with E-state index in [9.17, 15) is 8.42 Å². The van der Waals surface area contributed by atoms with Crippen molar-refractivity contribution in [1.82, 2.24) is 4.31 Å². The van der Waals surface area contributed by atoms with Crippen LogP contribution in [0, 0.1) is 0 Å². The summed E-state index contributed by atoms with van der Waals surface area (Å²) in [6.45, 7) is 0.451. The molecule has 1 aliphatic rings. The summed E-state index contributed by atoms with van der Waals surface area (Å²) in [7, 11) is -2.14. The van der Waals surface area contributed by atoms with Gasteiger partial charge in [0.1, 0.15) is 10.6 Å². The standard InChI is InChI=1S/C17H17Cl2NO3S/c1-23-13-6-2-5-12(11-13)15-8-4-10-20(15)24(21,22)16-9-3-7-14(18)17(16)19/h2-3,5-7,9,11,15H,4,8,10H2,1H3. The quantitative estimate of drug-likeness (QED) is 0.776. The average molecular weight is 386 g/mol. The zero-order valence-electron chi connectivity index (χ0n) is 13.1. The molecule has 1 saturated heterocycles. The largest absolute Gasteiger partial charge is 0.497 e. The van der Waals surface area contributed by atoms with Gasteiger partial charge in [-0.3, -0.25) is 0 Å². The number of rotatable bonds is 4. The van der Waals surface area contributed by atoms with Crippen LogP contribution in [0.5, 0.6) is 5.75 Å². The molecule has 128 valence electrons. The molecule has 0 spiro atoms. The van der Waals surface area contributed by atoms with Crippen LogP contribution < -0.4 is 4.74 Å². The van der Waals surface area contributed by atoms with E-state index in [-0.39, 0.29) is 21.0 Å². The van der Waals surface area contributed by atoms with E-state index < -0.39 is 10.0 Å². The van der Waals surface area contributed by atoms with Crippen molar-refractivity contribution in [3.05, 3.63) is 58.1 Å². The van der Waals surface area contributed by atoms with Crippen molar-refractivity contribution in [2.75, 3.05) is 13.7 Å². The van der Waals surface area contributed by atoms with Gasteiger partial charge in [-0.2, -0.15) is 4.31 Å². The second kappa shape index (κ2) is 6.92. The molecule has 1 fully saturated rings. The lowest BCUT2D eigenvalue weighted by molar-refractivity contribution is 0.390. The summed E-state index contributed by atoms with van der Waals surface area (Å²) in [5, 5.41) is 0.297. The van der Waals surface area contributed by atoms with Crippen LogP contribution >= 0.6 is 23.2 Å². The monoisotopic (exact) mass is 385 g/mol. The van der Waals surface area contributed by atoms with Crippen molar-refractivity contribution in [2.24, 2.45) is 0 Å². The third-order valence-corrected chi connectivity index (χ3v) is 7.07. The van der Waals surface area contributed by atoms with Crippen LogP contribution in [0.1, 0.15) is 24.4 Å². The Morgan fingerprint density at radius 2 is 1.92 bits per heavy atom. The Hall–Kier alpha value is -1.27. The Morgan fingerprint density at radius 1 is 1.17 bits per heavy atom. The first kappa shape index (κ1) is 17.5. The van der Waals surface area contributed by atoms with E-state index in [1.807, 2.05) is 24.3 Å². The lowest BCUT2D eigenvalue weighted by Gasteiger charge is -2.25. The van der Waals surface area contributed by atoms with Crippen molar-refractivity contribution in [3.8, 4) is 5.75 Å². The van der Waals surface area contributed by atoms with Crippen LogP contribution in [-0.2, 0) is 10.0 Å². The first-order chi connectivity index (χ1) is 11.4. The molecule has 2 aromatic carbocycles. The number of hydrogen-bond acceptors (Lipinski definition) is 3. The van der Waals surface area contributed by atoms with E-state index in [1.165, 1.54) is 10.4 Å². The second-order valence-electron chi connectivity index (χ2n) is 5.60. The molecule has 0 aromatic heterocycles. The molecule has 0 N–H and O–H groups in total. The molecule has 0 aliphatic carbocycles. The minimum atomic E-state index is -3.73. The summed E-state index contributed by atoms with van der Waals surface area (Å²) in [4.78, 5) is 0.0477. The molecular formula is C17H17Cl2NO3S. The summed E-state index contributed by atoms with van der Waals surface area (Å²) in [6, 6.07) is 11.9. The van der Waals surface area contributed by atoms with E-state index in [4.69, 9.17) is 27.9 Å². The molecule has 0 bridgehead atoms. The maximum atomic E-state index is 13.1. The van der Waals surface area contributed by atoms with Gasteiger partial charge in [0.2, 0.25) is 10.0 Å². The predicted molar refractivity (Wildman–Crippen MR) is 95.3 cm³/mol. The fourth-order valence-electron chi connectivity index (χ4n) is 3.02. The summed E-state index contributed by atoms with van der Waals surface area (Å²) in [5.41, 5.74) is 0.911. The van der Waals surface area contributed by atoms with E-state index in [0.29, 0.717) is 12.3 Å². The van der Waals surface area contributed by atoms with Crippen LogP contribution in [0.4, 0.5) is 0 Å². The van der Waals surface area contributed by atoms with Crippen molar-refractivity contribution >= 4 is 33.2 Å². The van der Waals surface area contributed by atoms with E-state index in [1.54, 1.807) is 19.2 Å². The third-order valence-electron chi connectivity index (χ3n) is 4.19. The van der Waals surface area contributed by atoms with Gasteiger partial charge in [0, 0.05) is 6.54 Å². The van der Waals surface area contributed by atoms with Gasteiger partial charge in [0.15, 0.2) is 0 Å². The fraction of sp³-hybridized carbons (Fsp3) is 0.294. The molecule has 1 aliphatic heterocycles. The molecular weight excluding hydrogens is 369 g/mol. The highest BCUT2D eigenvalue weighted by Gasteiger charge is 2.37. The summed E-state index contributed by atoms with van der Waals surface area (Å²) < 4.78 is 32.9. The van der Waals surface area contributed by atoms with Crippen molar-refractivity contribution in [2.45, 2.75) is 23.8 Å². The molecule has 2 aromatic rings. The summed E-state index contributed by atoms with van der Waals surface area (Å²) in [5.74, 6) is 0.706. The molecule has 24 heavy (non-hydrogen) atoms. The molecule has 1 heterocycles. The van der Waals surface area contributed by atoms with Crippen molar-refractivity contribution in [1.29, 1.82) is 0 Å². The number of sulfonamides is 1. The van der Waals surface area contributed by atoms with Gasteiger partial charge in [-0.15, -0.1) is 0 Å². The van der Waals surface area contributed by atoms with Crippen molar-refractivity contribution in [3.63, 3.8) is 0 Å². The zero-order chi connectivity index (χ0) is 17.3. The Kier molecular flexibility index (Phi) is 5.06. The molecule has 0 saturated carbocycles. The van der Waals surface area contributed by atoms with Gasteiger partial charge in [-0.1, -0.05) is 41.4 Å². The first-order valence-corrected chi connectivity index (χ1v) is 9.74. The normalized spacial score (nSPS) is 18.7. The number of nitrogens with zero attached hydrogens (tertiary/aromatic N) is 1. The van der Waals surface area contributed by atoms with Crippen LogP contribution in [0.25, 0.3) is 0 Å². The Labute approximate surface area is 152 Å². The highest BCUT2D eigenvalue weighted by atomic mass is 35.5. The highest BCUT2D eigenvalue weighted by molar-refractivity contribution is 7.89. The highest BCUT2D eigenvalue weighted by Crippen LogP contribution is 2.40. The Bertz CT molecular complexity index is 855. The number of halogens is 2. The lowest BCUT2D eigenvalue weighted by Crippen LogP contribution is -2.31. The maximum Gasteiger partial charge on any atom is 0.245 e. The van der Waals surface area contributed by atoms with Gasteiger partial charge in [0.25, 0.3) is 0 Å². The lowest BCUT2D eigenvalue weighted by atomic mass is 10.1. The topological polar surface area (TPSA) is 46.6 Å². The van der Waals surface area contributed by atoms with Gasteiger partial charge in [0.05, 0.1) is 23.2 Å². The molecule has 0 amide bonds. The summed E-state index contributed by atoms with van der Waals surface area (Å²) in [6.07, 6.45) is 1.55. The van der Waals surface area contributed by atoms with Crippen molar-refractivity contribution < 1.29 is 13.2 Å². The smallest absolute Gasteiger partial charge is 0.245 e. The Balaban J connectivity index is 2.02. The Morgan fingerprint density at radius 3 is 2.67 bits per heavy atom. The minimum absolute atomic E-state index is 0.0477.